The van der Waals surface area contributed by atoms with Crippen LogP contribution < -0.4 is 4.74 Å². The number of ether oxygens (including phenoxy) is 1. The average molecular weight is 437 g/mol. The SMILES string of the molecule is COc1ccc(-c2cc(-c3ccccc3)c(C3=[N+](C)CCS3)c(-c3ccccc3)c2)cc1. The van der Waals surface area contributed by atoms with Crippen LogP contribution in [0, 0.1) is 0 Å². The lowest BCUT2D eigenvalue weighted by Crippen LogP contribution is -2.12. The molecule has 0 fully saturated rings. The maximum atomic E-state index is 5.38. The summed E-state index contributed by atoms with van der Waals surface area (Å²) in [6.07, 6.45) is 0. The molecule has 0 spiro atoms. The quantitative estimate of drug-likeness (QED) is 0.318. The van der Waals surface area contributed by atoms with Gasteiger partial charge in [0.05, 0.1) is 18.4 Å². The van der Waals surface area contributed by atoms with Gasteiger partial charge in [0.1, 0.15) is 12.8 Å². The molecule has 158 valence electrons. The summed E-state index contributed by atoms with van der Waals surface area (Å²) in [7, 11) is 3.91. The molecule has 2 nitrogen and oxygen atoms in total. The van der Waals surface area contributed by atoms with E-state index in [4.69, 9.17) is 4.74 Å². The highest BCUT2D eigenvalue weighted by Gasteiger charge is 2.28. The van der Waals surface area contributed by atoms with Gasteiger partial charge < -0.3 is 4.74 Å². The highest BCUT2D eigenvalue weighted by molar-refractivity contribution is 8.14. The molecule has 5 rings (SSSR count). The fraction of sp³-hybridized carbons (Fsp3) is 0.138. The van der Waals surface area contributed by atoms with E-state index in [1.807, 2.05) is 23.9 Å². The molecular formula is C29H26NOS+. The minimum Gasteiger partial charge on any atom is -0.497 e. The van der Waals surface area contributed by atoms with Gasteiger partial charge >= 0.3 is 0 Å². The second-order valence-corrected chi connectivity index (χ2v) is 9.07. The van der Waals surface area contributed by atoms with E-state index in [2.05, 4.69) is 96.6 Å². The van der Waals surface area contributed by atoms with Crippen LogP contribution in [-0.4, -0.2) is 36.1 Å². The van der Waals surface area contributed by atoms with Crippen molar-refractivity contribution in [3.63, 3.8) is 0 Å². The van der Waals surface area contributed by atoms with Gasteiger partial charge in [-0.2, -0.15) is 0 Å². The van der Waals surface area contributed by atoms with E-state index in [0.29, 0.717) is 0 Å². The van der Waals surface area contributed by atoms with Gasteiger partial charge in [-0.1, -0.05) is 84.6 Å². The zero-order valence-electron chi connectivity index (χ0n) is 18.4. The first-order valence-corrected chi connectivity index (χ1v) is 11.9. The Morgan fingerprint density at radius 2 is 1.25 bits per heavy atom. The van der Waals surface area contributed by atoms with Gasteiger partial charge in [0.15, 0.2) is 6.54 Å². The summed E-state index contributed by atoms with van der Waals surface area (Å²) in [6, 6.07) is 34.5. The number of hydrogen-bond acceptors (Lipinski definition) is 2. The van der Waals surface area contributed by atoms with Gasteiger partial charge in [0.2, 0.25) is 5.04 Å². The third-order valence-corrected chi connectivity index (χ3v) is 7.13. The largest absolute Gasteiger partial charge is 0.497 e. The zero-order chi connectivity index (χ0) is 21.9. The summed E-state index contributed by atoms with van der Waals surface area (Å²) in [4.78, 5) is 0. The zero-order valence-corrected chi connectivity index (χ0v) is 19.2. The van der Waals surface area contributed by atoms with Crippen molar-refractivity contribution in [3.8, 4) is 39.1 Å². The van der Waals surface area contributed by atoms with Crippen molar-refractivity contribution in [2.24, 2.45) is 0 Å². The first kappa shape index (κ1) is 20.6. The van der Waals surface area contributed by atoms with Crippen molar-refractivity contribution in [2.75, 3.05) is 26.5 Å². The molecule has 1 aliphatic rings. The van der Waals surface area contributed by atoms with Crippen LogP contribution in [-0.2, 0) is 0 Å². The Hall–Kier alpha value is -3.30. The van der Waals surface area contributed by atoms with E-state index in [0.717, 1.165) is 18.0 Å². The second kappa shape index (κ2) is 9.05. The van der Waals surface area contributed by atoms with E-state index in [-0.39, 0.29) is 0 Å². The van der Waals surface area contributed by atoms with Crippen LogP contribution >= 0.6 is 11.8 Å². The summed E-state index contributed by atoms with van der Waals surface area (Å²) in [5.74, 6) is 1.99. The van der Waals surface area contributed by atoms with E-state index in [1.165, 1.54) is 44.0 Å². The lowest BCUT2D eigenvalue weighted by Gasteiger charge is -2.17. The van der Waals surface area contributed by atoms with Gasteiger partial charge in [-0.15, -0.1) is 0 Å². The molecule has 0 bridgehead atoms. The predicted octanol–water partition coefficient (Wildman–Crippen LogP) is 6.83. The first-order valence-electron chi connectivity index (χ1n) is 10.9. The molecule has 0 aromatic heterocycles. The van der Waals surface area contributed by atoms with Gasteiger partial charge in [-0.25, -0.2) is 4.58 Å². The van der Waals surface area contributed by atoms with Crippen LogP contribution in [0.25, 0.3) is 33.4 Å². The van der Waals surface area contributed by atoms with Crippen LogP contribution in [0.2, 0.25) is 0 Å². The molecule has 3 heteroatoms. The number of benzene rings is 4. The molecule has 0 amide bonds. The highest BCUT2D eigenvalue weighted by Crippen LogP contribution is 2.40. The number of nitrogens with zero attached hydrogens (tertiary/aromatic N) is 1. The average Bonchev–Trinajstić information content (AvgIpc) is 3.29. The Morgan fingerprint density at radius 1 is 0.688 bits per heavy atom. The topological polar surface area (TPSA) is 12.2 Å². The minimum absolute atomic E-state index is 0.872. The van der Waals surface area contributed by atoms with Crippen LogP contribution in [0.1, 0.15) is 5.56 Å². The van der Waals surface area contributed by atoms with Crippen LogP contribution in [0.15, 0.2) is 97.1 Å². The van der Waals surface area contributed by atoms with Crippen LogP contribution in [0.5, 0.6) is 5.75 Å². The molecule has 0 saturated carbocycles. The van der Waals surface area contributed by atoms with Crippen molar-refractivity contribution >= 4 is 16.8 Å². The van der Waals surface area contributed by atoms with Crippen LogP contribution in [0.4, 0.5) is 0 Å². The lowest BCUT2D eigenvalue weighted by molar-refractivity contribution is -0.485. The number of methoxy groups -OCH3 is 1. The molecular weight excluding hydrogens is 410 g/mol. The summed E-state index contributed by atoms with van der Waals surface area (Å²) in [6.45, 7) is 1.07. The summed E-state index contributed by atoms with van der Waals surface area (Å²) in [5.41, 5.74) is 8.74. The monoisotopic (exact) mass is 436 g/mol. The predicted molar refractivity (Wildman–Crippen MR) is 137 cm³/mol. The molecule has 0 aliphatic carbocycles. The molecule has 0 atom stereocenters. The molecule has 1 heterocycles. The third-order valence-electron chi connectivity index (χ3n) is 5.96. The summed E-state index contributed by atoms with van der Waals surface area (Å²) < 4.78 is 7.77. The molecule has 1 aliphatic heterocycles. The fourth-order valence-electron chi connectivity index (χ4n) is 4.27. The second-order valence-electron chi connectivity index (χ2n) is 7.98. The van der Waals surface area contributed by atoms with E-state index in [1.54, 1.807) is 7.11 Å². The van der Waals surface area contributed by atoms with E-state index >= 15 is 0 Å². The molecule has 0 unspecified atom stereocenters. The van der Waals surface area contributed by atoms with Crippen LogP contribution in [0.3, 0.4) is 0 Å². The van der Waals surface area contributed by atoms with E-state index in [9.17, 15) is 0 Å². The number of hydrogen-bond donors (Lipinski definition) is 0. The van der Waals surface area contributed by atoms with Crippen molar-refractivity contribution in [1.82, 2.24) is 0 Å². The Balaban J connectivity index is 1.82. The Morgan fingerprint density at radius 3 is 1.72 bits per heavy atom. The smallest absolute Gasteiger partial charge is 0.243 e. The van der Waals surface area contributed by atoms with Crippen molar-refractivity contribution < 1.29 is 9.31 Å². The molecule has 0 radical (unpaired) electrons. The molecule has 4 aromatic rings. The molecule has 4 aromatic carbocycles. The number of thioether (sulfide) groups is 1. The lowest BCUT2D eigenvalue weighted by atomic mass is 9.88. The maximum Gasteiger partial charge on any atom is 0.243 e. The van der Waals surface area contributed by atoms with Gasteiger partial charge in [0.25, 0.3) is 0 Å². The van der Waals surface area contributed by atoms with Crippen molar-refractivity contribution in [1.29, 1.82) is 0 Å². The standard InChI is InChI=1S/C29H26NOS/c1-30-17-18-32-29(30)28-26(22-9-5-3-6-10-22)19-24(21-13-15-25(31-2)16-14-21)20-27(28)23-11-7-4-8-12-23/h3-16,19-20H,17-18H2,1-2H3/q+1. The minimum atomic E-state index is 0.872. The maximum absolute atomic E-state index is 5.38. The molecule has 32 heavy (non-hydrogen) atoms. The Bertz CT molecular complexity index is 1200. The summed E-state index contributed by atoms with van der Waals surface area (Å²) in [5, 5.41) is 1.35. The van der Waals surface area contributed by atoms with Gasteiger partial charge in [0, 0.05) is 0 Å². The Labute approximate surface area is 194 Å². The highest BCUT2D eigenvalue weighted by atomic mass is 32.2. The van der Waals surface area contributed by atoms with Crippen molar-refractivity contribution in [2.45, 2.75) is 0 Å². The molecule has 0 N–H and O–H groups in total. The Kier molecular flexibility index (Phi) is 5.83. The number of rotatable bonds is 5. The third kappa shape index (κ3) is 3.96. The van der Waals surface area contributed by atoms with Gasteiger partial charge in [-0.05, 0) is 57.6 Å². The van der Waals surface area contributed by atoms with Gasteiger partial charge in [-0.3, -0.25) is 0 Å². The fourth-order valence-corrected chi connectivity index (χ4v) is 5.50. The first-order chi connectivity index (χ1) is 15.7. The van der Waals surface area contributed by atoms with Crippen molar-refractivity contribution in [3.05, 3.63) is 103 Å². The summed E-state index contributed by atoms with van der Waals surface area (Å²) >= 11 is 1.95. The van der Waals surface area contributed by atoms with E-state index < -0.39 is 0 Å². The molecule has 0 saturated heterocycles. The normalized spacial score (nSPS) is 13.4.